The molecule has 3 aromatic rings. The van der Waals surface area contributed by atoms with E-state index in [0.717, 1.165) is 9.87 Å². The lowest BCUT2D eigenvalue weighted by atomic mass is 10.1. The first-order valence-corrected chi connectivity index (χ1v) is 14.4. The van der Waals surface area contributed by atoms with Gasteiger partial charge in [-0.3, -0.25) is 13.9 Å². The van der Waals surface area contributed by atoms with E-state index in [1.807, 2.05) is 13.8 Å². The second-order valence-electron chi connectivity index (χ2n) is 9.93. The molecule has 1 atom stereocenters. The van der Waals surface area contributed by atoms with Crippen LogP contribution in [0, 0.1) is 18.7 Å². The monoisotopic (exact) mass is 569 g/mol. The minimum absolute atomic E-state index is 0.0188. The van der Waals surface area contributed by atoms with Gasteiger partial charge in [0.15, 0.2) is 0 Å². The van der Waals surface area contributed by atoms with Crippen LogP contribution in [0.1, 0.15) is 31.9 Å². The van der Waals surface area contributed by atoms with E-state index >= 15 is 0 Å². The number of carbonyl (C=O) groups excluding carboxylic acids is 2. The molecule has 3 rings (SSSR count). The second-order valence-corrected chi connectivity index (χ2v) is 11.8. The Hall–Kier alpha value is -3.92. The Bertz CT molecular complexity index is 1430. The summed E-state index contributed by atoms with van der Waals surface area (Å²) < 4.78 is 48.9. The zero-order valence-electron chi connectivity index (χ0n) is 23.4. The normalized spacial score (nSPS) is 12.1. The van der Waals surface area contributed by atoms with Gasteiger partial charge in [0.1, 0.15) is 24.2 Å². The molecule has 40 heavy (non-hydrogen) atoms. The van der Waals surface area contributed by atoms with E-state index in [1.165, 1.54) is 49.3 Å². The molecule has 0 spiro atoms. The number of nitrogens with zero attached hydrogens (tertiary/aromatic N) is 2. The van der Waals surface area contributed by atoms with Gasteiger partial charge in [-0.05, 0) is 55.7 Å². The molecular formula is C30H36FN3O5S. The summed E-state index contributed by atoms with van der Waals surface area (Å²) in [4.78, 5) is 28.2. The molecule has 0 radical (unpaired) electrons. The molecule has 3 aromatic carbocycles. The number of benzene rings is 3. The first kappa shape index (κ1) is 30.6. The smallest absolute Gasteiger partial charge is 0.264 e. The first-order valence-electron chi connectivity index (χ1n) is 13.0. The third-order valence-electron chi connectivity index (χ3n) is 6.36. The van der Waals surface area contributed by atoms with E-state index in [1.54, 1.807) is 49.4 Å². The molecule has 1 unspecified atom stereocenters. The van der Waals surface area contributed by atoms with Crippen molar-refractivity contribution in [1.29, 1.82) is 0 Å². The van der Waals surface area contributed by atoms with Crippen LogP contribution in [0.5, 0.6) is 5.75 Å². The van der Waals surface area contributed by atoms with Gasteiger partial charge in [-0.25, -0.2) is 12.8 Å². The van der Waals surface area contributed by atoms with E-state index in [0.29, 0.717) is 6.54 Å². The maximum Gasteiger partial charge on any atom is 0.264 e. The van der Waals surface area contributed by atoms with Crippen LogP contribution in [0.4, 0.5) is 10.1 Å². The van der Waals surface area contributed by atoms with Gasteiger partial charge in [0.2, 0.25) is 11.8 Å². The van der Waals surface area contributed by atoms with Crippen LogP contribution in [-0.4, -0.2) is 51.4 Å². The lowest BCUT2D eigenvalue weighted by Crippen LogP contribution is -2.51. The fourth-order valence-electron chi connectivity index (χ4n) is 4.07. The van der Waals surface area contributed by atoms with Crippen LogP contribution in [0.15, 0.2) is 77.7 Å². The molecule has 214 valence electrons. The molecule has 8 nitrogen and oxygen atoms in total. The maximum atomic E-state index is 14.7. The number of halogens is 1. The van der Waals surface area contributed by atoms with Crippen LogP contribution in [-0.2, 0) is 26.2 Å². The minimum atomic E-state index is -4.25. The van der Waals surface area contributed by atoms with Gasteiger partial charge in [0.05, 0.1) is 17.7 Å². The van der Waals surface area contributed by atoms with Gasteiger partial charge in [0.25, 0.3) is 10.0 Å². The number of amides is 2. The highest BCUT2D eigenvalue weighted by Gasteiger charge is 2.34. The van der Waals surface area contributed by atoms with Gasteiger partial charge in [-0.15, -0.1) is 0 Å². The first-order chi connectivity index (χ1) is 18.9. The summed E-state index contributed by atoms with van der Waals surface area (Å²) in [6.07, 6.45) is 0. The van der Waals surface area contributed by atoms with Crippen molar-refractivity contribution in [2.45, 2.75) is 45.2 Å². The van der Waals surface area contributed by atoms with E-state index in [-0.39, 0.29) is 34.4 Å². The second kappa shape index (κ2) is 13.4. The molecular weight excluding hydrogens is 533 g/mol. The average molecular weight is 570 g/mol. The Labute approximate surface area is 235 Å². The molecule has 2 amide bonds. The highest BCUT2D eigenvalue weighted by atomic mass is 32.2. The largest absolute Gasteiger partial charge is 0.495 e. The molecule has 0 aliphatic carbocycles. The molecule has 0 saturated carbocycles. The molecule has 0 aromatic heterocycles. The molecule has 0 bridgehead atoms. The Morgan fingerprint density at radius 3 is 2.25 bits per heavy atom. The van der Waals surface area contributed by atoms with E-state index in [9.17, 15) is 22.4 Å². The van der Waals surface area contributed by atoms with E-state index in [2.05, 4.69) is 5.32 Å². The maximum absolute atomic E-state index is 14.7. The van der Waals surface area contributed by atoms with Gasteiger partial charge in [-0.2, -0.15) is 0 Å². The van der Waals surface area contributed by atoms with Gasteiger partial charge < -0.3 is 15.0 Å². The Morgan fingerprint density at radius 1 is 0.975 bits per heavy atom. The lowest BCUT2D eigenvalue weighted by Gasteiger charge is -2.32. The van der Waals surface area contributed by atoms with Crippen LogP contribution >= 0.6 is 0 Å². The Morgan fingerprint density at radius 2 is 1.62 bits per heavy atom. The number of anilines is 1. The summed E-state index contributed by atoms with van der Waals surface area (Å²) in [5.74, 6) is -1.22. The van der Waals surface area contributed by atoms with Crippen LogP contribution < -0.4 is 14.4 Å². The third-order valence-corrected chi connectivity index (χ3v) is 8.14. The van der Waals surface area contributed by atoms with E-state index < -0.39 is 40.2 Å². The summed E-state index contributed by atoms with van der Waals surface area (Å²) in [6.45, 7) is 6.73. The average Bonchev–Trinajstić information content (AvgIpc) is 2.94. The number of methoxy groups -OCH3 is 1. The lowest BCUT2D eigenvalue weighted by molar-refractivity contribution is -0.139. The number of hydrogen-bond donors (Lipinski definition) is 1. The van der Waals surface area contributed by atoms with Crippen LogP contribution in [0.25, 0.3) is 0 Å². The highest BCUT2D eigenvalue weighted by Crippen LogP contribution is 2.33. The fraction of sp³-hybridized carbons (Fsp3) is 0.333. The third kappa shape index (κ3) is 7.38. The predicted octanol–water partition coefficient (Wildman–Crippen LogP) is 4.53. The number of hydrogen-bond acceptors (Lipinski definition) is 5. The van der Waals surface area contributed by atoms with Gasteiger partial charge in [-0.1, -0.05) is 56.3 Å². The van der Waals surface area contributed by atoms with Crippen molar-refractivity contribution in [2.75, 3.05) is 24.5 Å². The molecule has 0 aliphatic heterocycles. The summed E-state index contributed by atoms with van der Waals surface area (Å²) in [7, 11) is -2.84. The standard InChI is InChI=1S/C30H36FN3O5S/c1-21(2)18-32-30(36)23(4)33(19-24-11-9-10-14-26(24)31)29(35)20-34(27-17-22(3)15-16-28(27)39-5)40(37,38)25-12-7-6-8-13-25/h6-17,21,23H,18-20H2,1-5H3,(H,32,36). The van der Waals surface area contributed by atoms with Crippen molar-refractivity contribution in [2.24, 2.45) is 5.92 Å². The summed E-state index contributed by atoms with van der Waals surface area (Å²) in [5, 5.41) is 2.81. The summed E-state index contributed by atoms with van der Waals surface area (Å²) in [6, 6.07) is 17.7. The molecule has 1 N–H and O–H groups in total. The Balaban J connectivity index is 2.08. The zero-order valence-corrected chi connectivity index (χ0v) is 24.2. The zero-order chi connectivity index (χ0) is 29.4. The van der Waals surface area contributed by atoms with Crippen LogP contribution in [0.3, 0.4) is 0 Å². The fourth-order valence-corrected chi connectivity index (χ4v) is 5.51. The van der Waals surface area contributed by atoms with Crippen molar-refractivity contribution in [3.05, 3.63) is 89.7 Å². The molecule has 0 saturated heterocycles. The minimum Gasteiger partial charge on any atom is -0.495 e. The molecule has 0 heterocycles. The van der Waals surface area contributed by atoms with Crippen molar-refractivity contribution >= 4 is 27.5 Å². The predicted molar refractivity (Wildman–Crippen MR) is 153 cm³/mol. The number of rotatable bonds is 12. The quantitative estimate of drug-likeness (QED) is 0.346. The van der Waals surface area contributed by atoms with Gasteiger partial charge in [0, 0.05) is 18.7 Å². The number of aryl methyl sites for hydroxylation is 1. The summed E-state index contributed by atoms with van der Waals surface area (Å²) in [5.41, 5.74) is 1.12. The van der Waals surface area contributed by atoms with Gasteiger partial charge >= 0.3 is 0 Å². The number of carbonyl (C=O) groups is 2. The SMILES string of the molecule is COc1ccc(C)cc1N(CC(=O)N(Cc1ccccc1F)C(C)C(=O)NCC(C)C)S(=O)(=O)c1ccccc1. The molecule has 10 heteroatoms. The highest BCUT2D eigenvalue weighted by molar-refractivity contribution is 7.92. The Kier molecular flexibility index (Phi) is 10.3. The van der Waals surface area contributed by atoms with Crippen molar-refractivity contribution in [3.63, 3.8) is 0 Å². The topological polar surface area (TPSA) is 96.0 Å². The van der Waals surface area contributed by atoms with Crippen molar-refractivity contribution in [3.8, 4) is 5.75 Å². The number of nitrogens with one attached hydrogen (secondary N) is 1. The molecule has 0 aliphatic rings. The van der Waals surface area contributed by atoms with E-state index in [4.69, 9.17) is 4.74 Å². The van der Waals surface area contributed by atoms with Crippen molar-refractivity contribution < 1.29 is 27.1 Å². The number of sulfonamides is 1. The molecule has 0 fully saturated rings. The van der Waals surface area contributed by atoms with Crippen LogP contribution in [0.2, 0.25) is 0 Å². The van der Waals surface area contributed by atoms with Crippen molar-refractivity contribution in [1.82, 2.24) is 10.2 Å². The number of ether oxygens (including phenoxy) is 1. The summed E-state index contributed by atoms with van der Waals surface area (Å²) >= 11 is 0.